The summed E-state index contributed by atoms with van der Waals surface area (Å²) in [5.74, 6) is 0.585. The Kier molecular flexibility index (Phi) is 6.23. The number of ether oxygens (including phenoxy) is 2. The maximum absolute atomic E-state index is 13.7. The van der Waals surface area contributed by atoms with Gasteiger partial charge >= 0.3 is 12.0 Å². The molecule has 0 spiro atoms. The van der Waals surface area contributed by atoms with Gasteiger partial charge in [0.25, 0.3) is 5.56 Å². The number of carboxylic acid groups (broad SMARTS) is 1. The van der Waals surface area contributed by atoms with Crippen LogP contribution in [0.25, 0.3) is 11.2 Å². The van der Waals surface area contributed by atoms with Gasteiger partial charge in [-0.25, -0.2) is 19.2 Å². The summed E-state index contributed by atoms with van der Waals surface area (Å²) in [6, 6.07) is 5.64. The molecule has 41 heavy (non-hydrogen) atoms. The Morgan fingerprint density at radius 1 is 1.22 bits per heavy atom. The molecule has 4 aliphatic rings. The zero-order valence-corrected chi connectivity index (χ0v) is 23.4. The van der Waals surface area contributed by atoms with Gasteiger partial charge in [-0.05, 0) is 68.9 Å². The summed E-state index contributed by atoms with van der Waals surface area (Å²) in [5, 5.41) is 11.5. The van der Waals surface area contributed by atoms with E-state index in [0.29, 0.717) is 34.6 Å². The van der Waals surface area contributed by atoms with Crippen molar-refractivity contribution in [2.45, 2.75) is 76.0 Å². The summed E-state index contributed by atoms with van der Waals surface area (Å²) in [4.78, 5) is 41.2. The molecule has 0 saturated heterocycles. The van der Waals surface area contributed by atoms with Crippen LogP contribution in [0.3, 0.4) is 0 Å². The normalized spacial score (nSPS) is 26.6. The molecule has 4 fully saturated rings. The highest BCUT2D eigenvalue weighted by Crippen LogP contribution is 2.63. The maximum atomic E-state index is 13.7. The molecule has 3 heterocycles. The Labute approximate surface area is 238 Å². The molecule has 4 bridgehead atoms. The van der Waals surface area contributed by atoms with E-state index in [1.54, 1.807) is 11.4 Å². The summed E-state index contributed by atoms with van der Waals surface area (Å²) < 4.78 is 28.1. The lowest BCUT2D eigenvalue weighted by molar-refractivity contribution is -0.179. The molecule has 4 saturated carbocycles. The number of hydrogen-bond acceptors (Lipinski definition) is 8. The van der Waals surface area contributed by atoms with Crippen molar-refractivity contribution in [1.82, 2.24) is 24.5 Å². The number of carboxylic acids is 1. The van der Waals surface area contributed by atoms with Crippen molar-refractivity contribution in [3.05, 3.63) is 62.3 Å². The van der Waals surface area contributed by atoms with Crippen LogP contribution in [0.5, 0.6) is 11.8 Å². The molecule has 4 aromatic rings. The summed E-state index contributed by atoms with van der Waals surface area (Å²) in [7, 11) is 0. The monoisotopic (exact) mass is 579 g/mol. The fraction of sp³-hybridized carbons (Fsp3) is 0.483. The van der Waals surface area contributed by atoms with Gasteiger partial charge in [0.2, 0.25) is 0 Å². The number of hydrogen-bond donors (Lipinski definition) is 2. The number of benzene rings is 1. The van der Waals surface area contributed by atoms with Gasteiger partial charge in [0.05, 0.1) is 12.2 Å². The van der Waals surface area contributed by atoms with Crippen LogP contribution in [0.1, 0.15) is 73.2 Å². The number of halogens is 1. The van der Waals surface area contributed by atoms with Gasteiger partial charge in [-0.15, -0.1) is 11.3 Å². The fourth-order valence-corrected chi connectivity index (χ4v) is 8.54. The van der Waals surface area contributed by atoms with E-state index in [1.807, 2.05) is 4.57 Å². The molecule has 1 aromatic carbocycles. The molecule has 0 radical (unpaired) electrons. The Bertz CT molecular complexity index is 1700. The quantitative estimate of drug-likeness (QED) is 0.269. The van der Waals surface area contributed by atoms with Crippen molar-refractivity contribution in [2.24, 2.45) is 11.8 Å². The molecule has 12 heteroatoms. The number of rotatable bonds is 9. The Morgan fingerprint density at radius 2 is 2.02 bits per heavy atom. The van der Waals surface area contributed by atoms with Gasteiger partial charge in [0.1, 0.15) is 22.4 Å². The number of carbonyl (C=O) groups is 1. The van der Waals surface area contributed by atoms with E-state index in [9.17, 15) is 19.1 Å². The molecule has 2 atom stereocenters. The topological polar surface area (TPSA) is 132 Å². The highest BCUT2D eigenvalue weighted by molar-refractivity contribution is 7.09. The molecule has 10 nitrogen and oxygen atoms in total. The Morgan fingerprint density at radius 3 is 2.73 bits per heavy atom. The van der Waals surface area contributed by atoms with Crippen LogP contribution in [0.15, 0.2) is 34.4 Å². The van der Waals surface area contributed by atoms with E-state index in [-0.39, 0.29) is 40.6 Å². The van der Waals surface area contributed by atoms with Crippen LogP contribution in [-0.2, 0) is 23.3 Å². The third-order valence-corrected chi connectivity index (χ3v) is 9.63. The van der Waals surface area contributed by atoms with Crippen LogP contribution in [0, 0.1) is 17.7 Å². The van der Waals surface area contributed by atoms with Crippen LogP contribution in [-0.4, -0.2) is 41.2 Å². The number of nitrogens with zero attached hydrogens (tertiary/aromatic N) is 4. The second kappa shape index (κ2) is 9.73. The molecule has 8 rings (SSSR count). The van der Waals surface area contributed by atoms with E-state index in [4.69, 9.17) is 14.5 Å². The first kappa shape index (κ1) is 26.3. The number of aromatic carboxylic acids is 1. The Hall–Kier alpha value is -3.64. The number of aromatic nitrogens is 5. The molecule has 0 amide bonds. The summed E-state index contributed by atoms with van der Waals surface area (Å²) >= 11 is 1.31. The summed E-state index contributed by atoms with van der Waals surface area (Å²) in [5.41, 5.74) is -0.170. The average molecular weight is 580 g/mol. The van der Waals surface area contributed by atoms with Gasteiger partial charge in [-0.2, -0.15) is 4.98 Å². The first-order valence-electron chi connectivity index (χ1n) is 14.0. The van der Waals surface area contributed by atoms with Gasteiger partial charge in [0, 0.05) is 23.4 Å². The van der Waals surface area contributed by atoms with E-state index >= 15 is 0 Å². The van der Waals surface area contributed by atoms with Gasteiger partial charge in [0.15, 0.2) is 16.9 Å². The first-order chi connectivity index (χ1) is 19.7. The number of aromatic amines is 1. The van der Waals surface area contributed by atoms with Crippen molar-refractivity contribution in [3.63, 3.8) is 0 Å². The van der Waals surface area contributed by atoms with Crippen molar-refractivity contribution in [3.8, 4) is 11.8 Å². The van der Waals surface area contributed by atoms with Crippen LogP contribution >= 0.6 is 11.3 Å². The third kappa shape index (κ3) is 4.62. The predicted molar refractivity (Wildman–Crippen MR) is 148 cm³/mol. The molecular weight excluding hydrogens is 549 g/mol. The summed E-state index contributed by atoms with van der Waals surface area (Å²) in [6.07, 6.45) is 6.63. The largest absolute Gasteiger partial charge is 0.476 e. The molecule has 4 aliphatic carbocycles. The molecule has 2 unspecified atom stereocenters. The van der Waals surface area contributed by atoms with Crippen LogP contribution in [0.2, 0.25) is 0 Å². The maximum Gasteiger partial charge on any atom is 0.355 e. The SMILES string of the molecule is CCCn1c(C23CC4CC(CC(OCc5nc(C(=O)O)cs5)(C4)C2)C3)nc2nc(Oc3cccc(F)c3)[nH]c(=O)c21. The number of nitrogens with one attached hydrogen (secondary N) is 1. The highest BCUT2D eigenvalue weighted by Gasteiger charge is 2.60. The predicted octanol–water partition coefficient (Wildman–Crippen LogP) is 5.42. The van der Waals surface area contributed by atoms with E-state index in [2.05, 4.69) is 21.9 Å². The van der Waals surface area contributed by atoms with Gasteiger partial charge in [-0.3, -0.25) is 9.78 Å². The van der Waals surface area contributed by atoms with Gasteiger partial charge < -0.3 is 19.1 Å². The van der Waals surface area contributed by atoms with E-state index in [0.717, 1.165) is 50.8 Å². The van der Waals surface area contributed by atoms with Crippen molar-refractivity contribution >= 4 is 28.5 Å². The Balaban J connectivity index is 1.24. The number of thiazole rings is 1. The van der Waals surface area contributed by atoms with Gasteiger partial charge in [-0.1, -0.05) is 13.0 Å². The molecular formula is C29H30FN5O5S. The minimum absolute atomic E-state index is 0.0321. The number of fused-ring (bicyclic) bond motifs is 1. The standard InChI is InChI=1S/C29H30FN5O5S/c1-2-6-35-22-23(33-27(34-24(22)36)40-19-5-3-4-18(30)8-19)32-26(35)28-9-16-7-17(10-28)12-29(11-16,15-28)39-13-21-31-20(14-41-21)25(37)38/h3-5,8,14,16-17H,2,6-7,9-13,15H2,1H3,(H,37,38)(H,33,34,36). The summed E-state index contributed by atoms with van der Waals surface area (Å²) in [6.45, 7) is 2.98. The molecule has 2 N–H and O–H groups in total. The lowest BCUT2D eigenvalue weighted by Crippen LogP contribution is -2.59. The van der Waals surface area contributed by atoms with E-state index in [1.165, 1.54) is 29.5 Å². The lowest BCUT2D eigenvalue weighted by Gasteiger charge is -2.61. The zero-order valence-electron chi connectivity index (χ0n) is 22.6. The van der Waals surface area contributed by atoms with E-state index < -0.39 is 11.8 Å². The average Bonchev–Trinajstić information content (AvgIpc) is 3.53. The zero-order chi connectivity index (χ0) is 28.4. The second-order valence-corrected chi connectivity index (χ2v) is 12.8. The third-order valence-electron chi connectivity index (χ3n) is 8.80. The smallest absolute Gasteiger partial charge is 0.355 e. The van der Waals surface area contributed by atoms with Crippen molar-refractivity contribution in [2.75, 3.05) is 0 Å². The first-order valence-corrected chi connectivity index (χ1v) is 14.9. The lowest BCUT2D eigenvalue weighted by atomic mass is 9.47. The van der Waals surface area contributed by atoms with Crippen LogP contribution in [0.4, 0.5) is 4.39 Å². The molecule has 0 aliphatic heterocycles. The minimum Gasteiger partial charge on any atom is -0.476 e. The number of H-pyrrole nitrogens is 1. The fourth-order valence-electron chi connectivity index (χ4n) is 7.86. The number of imidazole rings is 1. The molecule has 214 valence electrons. The van der Waals surface area contributed by atoms with Crippen LogP contribution < -0.4 is 10.3 Å². The highest BCUT2D eigenvalue weighted by atomic mass is 32.1. The molecule has 3 aromatic heterocycles. The minimum atomic E-state index is -1.04. The van der Waals surface area contributed by atoms with Crippen molar-refractivity contribution in [1.29, 1.82) is 0 Å². The second-order valence-electron chi connectivity index (χ2n) is 11.8. The number of aryl methyl sites for hydroxylation is 1. The van der Waals surface area contributed by atoms with Crippen molar-refractivity contribution < 1.29 is 23.8 Å².